The second kappa shape index (κ2) is 7.79. The van der Waals surface area contributed by atoms with Gasteiger partial charge in [-0.05, 0) is 41.5 Å². The molecule has 0 N–H and O–H groups in total. The normalized spacial score (nSPS) is 15.5. The third-order valence-electron chi connectivity index (χ3n) is 4.96. The molecule has 0 saturated carbocycles. The van der Waals surface area contributed by atoms with Crippen LogP contribution in [0.3, 0.4) is 0 Å². The van der Waals surface area contributed by atoms with Crippen LogP contribution in [0.4, 0.5) is 13.2 Å². The lowest BCUT2D eigenvalue weighted by atomic mass is 9.97. The maximum atomic E-state index is 14.3. The van der Waals surface area contributed by atoms with Gasteiger partial charge in [-0.2, -0.15) is 0 Å². The Hall–Kier alpha value is -3.66. The van der Waals surface area contributed by atoms with Crippen molar-refractivity contribution in [3.8, 4) is 16.9 Å². The lowest BCUT2D eigenvalue weighted by Crippen LogP contribution is -2.21. The first-order valence-electron chi connectivity index (χ1n) is 9.16. The van der Waals surface area contributed by atoms with E-state index in [1.807, 2.05) is 0 Å². The van der Waals surface area contributed by atoms with Gasteiger partial charge < -0.3 is 4.74 Å². The lowest BCUT2D eigenvalue weighted by Gasteiger charge is -2.23. The molecule has 6 nitrogen and oxygen atoms in total. The fourth-order valence-corrected chi connectivity index (χ4v) is 4.05. The molecule has 10 heteroatoms. The Morgan fingerprint density at radius 3 is 2.31 bits per heavy atom. The first-order valence-corrected chi connectivity index (χ1v) is 11.1. The number of hydrogen-bond donors (Lipinski definition) is 0. The number of hydrogen-bond acceptors (Lipinski definition) is 5. The molecular formula is C22H14F3NO5S. The Morgan fingerprint density at radius 2 is 1.62 bits per heavy atom. The molecule has 0 bridgehead atoms. The van der Waals surface area contributed by atoms with Gasteiger partial charge in [-0.3, -0.25) is 10.1 Å². The number of ether oxygens (including phenoxy) is 1. The molecule has 0 fully saturated rings. The van der Waals surface area contributed by atoms with Gasteiger partial charge >= 0.3 is 0 Å². The minimum absolute atomic E-state index is 0.111. The van der Waals surface area contributed by atoms with E-state index in [4.69, 9.17) is 4.74 Å². The van der Waals surface area contributed by atoms with Gasteiger partial charge in [0.1, 0.15) is 11.6 Å². The van der Waals surface area contributed by atoms with Gasteiger partial charge in [0.2, 0.25) is 6.10 Å². The maximum absolute atomic E-state index is 14.3. The molecule has 164 valence electrons. The number of rotatable bonds is 4. The molecule has 1 atom stereocenters. The van der Waals surface area contributed by atoms with Gasteiger partial charge in [0.05, 0.1) is 9.82 Å². The highest BCUT2D eigenvalue weighted by Gasteiger charge is 2.36. The zero-order valence-electron chi connectivity index (χ0n) is 16.4. The van der Waals surface area contributed by atoms with Crippen LogP contribution in [-0.4, -0.2) is 19.6 Å². The zero-order valence-corrected chi connectivity index (χ0v) is 17.2. The zero-order chi connectivity index (χ0) is 23.2. The van der Waals surface area contributed by atoms with Gasteiger partial charge in [0.25, 0.3) is 5.70 Å². The first kappa shape index (κ1) is 21.6. The van der Waals surface area contributed by atoms with E-state index in [9.17, 15) is 31.7 Å². The Kier molecular flexibility index (Phi) is 5.25. The van der Waals surface area contributed by atoms with Crippen molar-refractivity contribution in [1.29, 1.82) is 0 Å². The van der Waals surface area contributed by atoms with Crippen molar-refractivity contribution in [3.05, 3.63) is 99.0 Å². The second-order valence-electron chi connectivity index (χ2n) is 7.16. The molecular weight excluding hydrogens is 447 g/mol. The predicted molar refractivity (Wildman–Crippen MR) is 110 cm³/mol. The Balaban J connectivity index is 1.80. The molecule has 3 aromatic rings. The van der Waals surface area contributed by atoms with E-state index in [1.54, 1.807) is 24.3 Å². The number of fused-ring (bicyclic) bond motifs is 1. The molecule has 1 heterocycles. The molecule has 1 aliphatic rings. The predicted octanol–water partition coefficient (Wildman–Crippen LogP) is 4.93. The summed E-state index contributed by atoms with van der Waals surface area (Å²) in [5.74, 6) is -3.80. The molecule has 1 unspecified atom stereocenters. The largest absolute Gasteiger partial charge is 0.474 e. The number of nitro groups is 1. The Labute approximate surface area is 180 Å². The molecule has 0 aromatic heterocycles. The number of benzene rings is 3. The fraction of sp³-hybridized carbons (Fsp3) is 0.0909. The SMILES string of the molecule is CS(=O)(=O)c1cccc(-c2ccc3c(c2)C=C([N+](=O)[O-])C(c2cc(F)c(F)cc2F)O3)c1. The highest BCUT2D eigenvalue weighted by Crippen LogP contribution is 2.40. The highest BCUT2D eigenvalue weighted by atomic mass is 32.2. The molecule has 0 aliphatic carbocycles. The van der Waals surface area contributed by atoms with Gasteiger partial charge in [0.15, 0.2) is 21.5 Å². The van der Waals surface area contributed by atoms with Gasteiger partial charge in [-0.1, -0.05) is 18.2 Å². The van der Waals surface area contributed by atoms with Crippen LogP contribution in [0.25, 0.3) is 17.2 Å². The monoisotopic (exact) mass is 461 g/mol. The van der Waals surface area contributed by atoms with Gasteiger partial charge in [0, 0.05) is 29.5 Å². The maximum Gasteiger partial charge on any atom is 0.291 e. The Bertz CT molecular complexity index is 1400. The summed E-state index contributed by atoms with van der Waals surface area (Å²) in [5.41, 5.74) is 0.333. The number of halogens is 3. The van der Waals surface area contributed by atoms with Crippen LogP contribution in [0, 0.1) is 27.6 Å². The smallest absolute Gasteiger partial charge is 0.291 e. The molecule has 0 spiro atoms. The van der Waals surface area contributed by atoms with E-state index in [1.165, 1.54) is 18.2 Å². The molecule has 32 heavy (non-hydrogen) atoms. The fourth-order valence-electron chi connectivity index (χ4n) is 3.39. The van der Waals surface area contributed by atoms with Crippen LogP contribution in [0.2, 0.25) is 0 Å². The van der Waals surface area contributed by atoms with E-state index in [0.29, 0.717) is 28.8 Å². The number of sulfone groups is 1. The third kappa shape index (κ3) is 3.96. The van der Waals surface area contributed by atoms with Gasteiger partial charge in [-0.15, -0.1) is 0 Å². The summed E-state index contributed by atoms with van der Waals surface area (Å²) < 4.78 is 70.5. The highest BCUT2D eigenvalue weighted by molar-refractivity contribution is 7.90. The summed E-state index contributed by atoms with van der Waals surface area (Å²) >= 11 is 0. The molecule has 3 aromatic carbocycles. The summed E-state index contributed by atoms with van der Waals surface area (Å²) in [7, 11) is -3.44. The quantitative estimate of drug-likeness (QED) is 0.313. The number of nitrogens with zero attached hydrogens (tertiary/aromatic N) is 1. The van der Waals surface area contributed by atoms with E-state index in [2.05, 4.69) is 0 Å². The van der Waals surface area contributed by atoms with Gasteiger partial charge in [-0.25, -0.2) is 21.6 Å². The summed E-state index contributed by atoms with van der Waals surface area (Å²) in [6.45, 7) is 0. The first-order chi connectivity index (χ1) is 15.0. The van der Waals surface area contributed by atoms with E-state index in [-0.39, 0.29) is 10.6 Å². The third-order valence-corrected chi connectivity index (χ3v) is 6.07. The van der Waals surface area contributed by atoms with Crippen molar-refractivity contribution >= 4 is 15.9 Å². The van der Waals surface area contributed by atoms with Crippen molar-refractivity contribution in [2.45, 2.75) is 11.0 Å². The lowest BCUT2D eigenvalue weighted by molar-refractivity contribution is -0.434. The standard InChI is InChI=1S/C22H14F3NO5S/c1-32(29,30)15-4-2-3-12(8-15)13-5-6-21-14(7-13)9-20(26(27)28)22(31-21)16-10-18(24)19(25)11-17(16)23/h2-11,22H,1H3. The average Bonchev–Trinajstić information content (AvgIpc) is 2.74. The molecule has 0 amide bonds. The van der Waals surface area contributed by atoms with Crippen LogP contribution in [0.15, 0.2) is 65.2 Å². The minimum atomic E-state index is -3.44. The molecule has 0 saturated heterocycles. The molecule has 4 rings (SSSR count). The van der Waals surface area contributed by atoms with Crippen molar-refractivity contribution in [2.24, 2.45) is 0 Å². The summed E-state index contributed by atoms with van der Waals surface area (Å²) in [4.78, 5) is 10.9. The Morgan fingerprint density at radius 1 is 0.938 bits per heavy atom. The van der Waals surface area contributed by atoms with Crippen molar-refractivity contribution in [1.82, 2.24) is 0 Å². The molecule has 1 aliphatic heterocycles. The van der Waals surface area contributed by atoms with Crippen LogP contribution in [-0.2, 0) is 9.84 Å². The van der Waals surface area contributed by atoms with Crippen LogP contribution in [0.1, 0.15) is 17.2 Å². The second-order valence-corrected chi connectivity index (χ2v) is 9.18. The van der Waals surface area contributed by atoms with Crippen LogP contribution >= 0.6 is 0 Å². The van der Waals surface area contributed by atoms with Crippen LogP contribution in [0.5, 0.6) is 5.75 Å². The van der Waals surface area contributed by atoms with Crippen molar-refractivity contribution in [3.63, 3.8) is 0 Å². The summed E-state index contributed by atoms with van der Waals surface area (Å²) in [6, 6.07) is 11.6. The summed E-state index contributed by atoms with van der Waals surface area (Å²) in [5, 5.41) is 11.6. The van der Waals surface area contributed by atoms with Crippen molar-refractivity contribution < 1.29 is 31.2 Å². The van der Waals surface area contributed by atoms with Crippen LogP contribution < -0.4 is 4.74 Å². The minimum Gasteiger partial charge on any atom is -0.474 e. The topological polar surface area (TPSA) is 86.5 Å². The average molecular weight is 461 g/mol. The molecule has 0 radical (unpaired) electrons. The van der Waals surface area contributed by atoms with Crippen molar-refractivity contribution in [2.75, 3.05) is 6.26 Å². The summed E-state index contributed by atoms with van der Waals surface area (Å²) in [6.07, 6.45) is 0.650. The van der Waals surface area contributed by atoms with E-state index >= 15 is 0 Å². The van der Waals surface area contributed by atoms with E-state index < -0.39 is 49.6 Å². The van der Waals surface area contributed by atoms with E-state index in [0.717, 1.165) is 12.3 Å².